The SMILES string of the molecule is CC(=O)N[C@@H](Cc1ccccc1)C(=O)NC1CNC(=O)[C@H](CCCN=C(N)N)NC(=O)[C@H](Cc2cnc[nH]2)NC(=O)[C@@H](CC2CCCCC2)NC(=O)C2CCCN2C1=O. The lowest BCUT2D eigenvalue weighted by molar-refractivity contribution is -0.143. The summed E-state index contributed by atoms with van der Waals surface area (Å²) in [5, 5.41) is 16.7. The molecule has 11 N–H and O–H groups in total. The number of aromatic nitrogens is 2. The number of guanidine groups is 1. The molecule has 3 aliphatic rings. The minimum absolute atomic E-state index is 0.00145. The fraction of sp³-hybridized carbons (Fsp3) is 0.575. The third kappa shape index (κ3) is 13.3. The van der Waals surface area contributed by atoms with Crippen molar-refractivity contribution in [3.8, 4) is 0 Å². The maximum atomic E-state index is 14.5. The van der Waals surface area contributed by atoms with Crippen LogP contribution in [0.1, 0.15) is 82.4 Å². The zero-order valence-electron chi connectivity index (χ0n) is 33.5. The lowest BCUT2D eigenvalue weighted by atomic mass is 9.84. The Morgan fingerprint density at radius 3 is 2.31 bits per heavy atom. The average Bonchev–Trinajstić information content (AvgIpc) is 3.93. The van der Waals surface area contributed by atoms with E-state index in [4.69, 9.17) is 11.5 Å². The van der Waals surface area contributed by atoms with Gasteiger partial charge in [-0.2, -0.15) is 0 Å². The first kappa shape index (κ1) is 44.1. The molecule has 2 aliphatic heterocycles. The number of nitrogens with two attached hydrogens (primary N) is 2. The van der Waals surface area contributed by atoms with Crippen molar-refractivity contribution in [2.24, 2.45) is 22.4 Å². The van der Waals surface area contributed by atoms with Gasteiger partial charge in [-0.05, 0) is 43.6 Å². The number of fused-ring (bicyclic) bond motifs is 1. The largest absolute Gasteiger partial charge is 0.370 e. The molecule has 19 nitrogen and oxygen atoms in total. The van der Waals surface area contributed by atoms with Crippen LogP contribution in [0.4, 0.5) is 0 Å². The lowest BCUT2D eigenvalue weighted by Gasteiger charge is -2.33. The molecular weight excluding hydrogens is 761 g/mol. The number of imidazole rings is 1. The summed E-state index contributed by atoms with van der Waals surface area (Å²) in [5.41, 5.74) is 12.3. The fourth-order valence-electron chi connectivity index (χ4n) is 8.00. The number of carbonyl (C=O) groups is 7. The van der Waals surface area contributed by atoms with Gasteiger partial charge < -0.3 is 53.3 Å². The van der Waals surface area contributed by atoms with Crippen molar-refractivity contribution in [1.82, 2.24) is 46.8 Å². The highest BCUT2D eigenvalue weighted by molar-refractivity contribution is 5.98. The van der Waals surface area contributed by atoms with E-state index in [1.807, 2.05) is 6.07 Å². The van der Waals surface area contributed by atoms with E-state index in [0.717, 1.165) is 37.7 Å². The molecule has 1 saturated carbocycles. The Labute approximate surface area is 343 Å². The molecule has 0 radical (unpaired) electrons. The molecular formula is C40H58N12O7. The van der Waals surface area contributed by atoms with Gasteiger partial charge in [0.15, 0.2) is 5.96 Å². The summed E-state index contributed by atoms with van der Waals surface area (Å²) in [6.45, 7) is 1.20. The molecule has 320 valence electrons. The Balaban J connectivity index is 1.49. The number of nitrogens with one attached hydrogen (secondary N) is 7. The van der Waals surface area contributed by atoms with Gasteiger partial charge in [0, 0.05) is 51.3 Å². The Morgan fingerprint density at radius 1 is 0.898 bits per heavy atom. The van der Waals surface area contributed by atoms with Crippen molar-refractivity contribution < 1.29 is 33.6 Å². The van der Waals surface area contributed by atoms with Crippen LogP contribution in [0, 0.1) is 5.92 Å². The van der Waals surface area contributed by atoms with Crippen molar-refractivity contribution in [1.29, 1.82) is 0 Å². The number of nitrogens with zero attached hydrogens (tertiary/aromatic N) is 3. The summed E-state index contributed by atoms with van der Waals surface area (Å²) in [6, 6.07) is 2.19. The summed E-state index contributed by atoms with van der Waals surface area (Å²) in [4.78, 5) is 109. The maximum absolute atomic E-state index is 14.5. The predicted octanol–water partition coefficient (Wildman–Crippen LogP) is -1.22. The fourth-order valence-corrected chi connectivity index (χ4v) is 8.00. The summed E-state index contributed by atoms with van der Waals surface area (Å²) >= 11 is 0. The number of amides is 7. The van der Waals surface area contributed by atoms with E-state index < -0.39 is 84.1 Å². The summed E-state index contributed by atoms with van der Waals surface area (Å²) < 4.78 is 0. The molecule has 2 aromatic rings. The molecule has 3 heterocycles. The van der Waals surface area contributed by atoms with E-state index >= 15 is 0 Å². The van der Waals surface area contributed by atoms with Crippen LogP contribution in [-0.2, 0) is 46.4 Å². The van der Waals surface area contributed by atoms with Gasteiger partial charge in [0.25, 0.3) is 0 Å². The Kier molecular flexibility index (Phi) is 16.2. The Morgan fingerprint density at radius 2 is 1.61 bits per heavy atom. The zero-order chi connectivity index (χ0) is 42.3. The second-order valence-corrected chi connectivity index (χ2v) is 15.6. The van der Waals surface area contributed by atoms with Crippen molar-refractivity contribution >= 4 is 47.3 Å². The van der Waals surface area contributed by atoms with E-state index in [-0.39, 0.29) is 50.7 Å². The second kappa shape index (κ2) is 21.7. The van der Waals surface area contributed by atoms with Crippen LogP contribution in [0.15, 0.2) is 47.8 Å². The minimum atomic E-state index is -1.38. The number of carbonyl (C=O) groups excluding carboxylic acids is 7. The minimum Gasteiger partial charge on any atom is -0.370 e. The molecule has 1 aliphatic carbocycles. The molecule has 0 bridgehead atoms. The Hall–Kier alpha value is -6.01. The molecule has 59 heavy (non-hydrogen) atoms. The molecule has 0 spiro atoms. The number of hydrogen-bond acceptors (Lipinski definition) is 9. The predicted molar refractivity (Wildman–Crippen MR) is 217 cm³/mol. The molecule has 6 atom stereocenters. The molecule has 2 saturated heterocycles. The zero-order valence-corrected chi connectivity index (χ0v) is 33.5. The lowest BCUT2D eigenvalue weighted by Crippen LogP contribution is -2.62. The number of aromatic amines is 1. The molecule has 2 unspecified atom stereocenters. The molecule has 1 aromatic carbocycles. The molecule has 3 fully saturated rings. The number of hydrogen-bond donors (Lipinski definition) is 9. The topological polar surface area (TPSA) is 288 Å². The first-order valence-electron chi connectivity index (χ1n) is 20.5. The van der Waals surface area contributed by atoms with Crippen molar-refractivity contribution in [2.45, 2.75) is 120 Å². The van der Waals surface area contributed by atoms with Gasteiger partial charge >= 0.3 is 0 Å². The monoisotopic (exact) mass is 818 g/mol. The van der Waals surface area contributed by atoms with Crippen molar-refractivity contribution in [2.75, 3.05) is 19.6 Å². The third-order valence-electron chi connectivity index (χ3n) is 11.0. The smallest absolute Gasteiger partial charge is 0.247 e. The molecule has 1 aromatic heterocycles. The van der Waals surface area contributed by atoms with Crippen molar-refractivity contribution in [3.05, 3.63) is 54.1 Å². The quantitative estimate of drug-likeness (QED) is 0.0660. The van der Waals surface area contributed by atoms with Gasteiger partial charge in [-0.15, -0.1) is 0 Å². The van der Waals surface area contributed by atoms with Crippen LogP contribution in [0.25, 0.3) is 0 Å². The van der Waals surface area contributed by atoms with Gasteiger partial charge in [-0.1, -0.05) is 62.4 Å². The van der Waals surface area contributed by atoms with E-state index in [2.05, 4.69) is 46.9 Å². The number of rotatable bonds is 13. The molecule has 7 amide bonds. The number of H-pyrrole nitrogens is 1. The second-order valence-electron chi connectivity index (χ2n) is 15.6. The standard InChI is InChI=1S/C40H58N12O7/c1-24(53)47-29(18-25-10-4-2-5-11-25)35(55)51-32-22-45-34(54)28(14-8-16-44-40(41)42)48-37(57)31(20-27-21-43-23-46-27)49-36(56)30(19-26-12-6-3-7-13-26)50-38(58)33-15-9-17-52(33)39(32)59/h2,4-5,10-11,21,23,26,28-33H,3,6-9,12-20,22H2,1H3,(H,43,46)(H,45,54)(H,47,53)(H,48,57)(H,49,56)(H,50,58)(H,51,55)(H4,41,42,44)/t28-,29-,30+,31-,32?,33?/m0/s1. The average molecular weight is 819 g/mol. The highest BCUT2D eigenvalue weighted by Crippen LogP contribution is 2.28. The highest BCUT2D eigenvalue weighted by Gasteiger charge is 2.41. The van der Waals surface area contributed by atoms with E-state index in [9.17, 15) is 33.6 Å². The van der Waals surface area contributed by atoms with Crippen molar-refractivity contribution in [3.63, 3.8) is 0 Å². The van der Waals surface area contributed by atoms with Gasteiger partial charge in [-0.3, -0.25) is 38.6 Å². The van der Waals surface area contributed by atoms with Crippen LogP contribution in [0.2, 0.25) is 0 Å². The van der Waals surface area contributed by atoms with Crippen LogP contribution < -0.4 is 43.4 Å². The summed E-state index contributed by atoms with van der Waals surface area (Å²) in [7, 11) is 0. The van der Waals surface area contributed by atoms with Gasteiger partial charge in [0.05, 0.1) is 6.33 Å². The highest BCUT2D eigenvalue weighted by atomic mass is 16.2. The number of benzene rings is 1. The van der Waals surface area contributed by atoms with Gasteiger partial charge in [0.1, 0.15) is 36.3 Å². The maximum Gasteiger partial charge on any atom is 0.247 e. The van der Waals surface area contributed by atoms with Crippen LogP contribution in [0.5, 0.6) is 0 Å². The summed E-state index contributed by atoms with van der Waals surface area (Å²) in [6.07, 6.45) is 9.37. The van der Waals surface area contributed by atoms with E-state index in [1.54, 1.807) is 24.3 Å². The van der Waals surface area contributed by atoms with Gasteiger partial charge in [-0.25, -0.2) is 4.98 Å². The first-order valence-corrected chi connectivity index (χ1v) is 20.5. The Bertz CT molecular complexity index is 1800. The van der Waals surface area contributed by atoms with E-state index in [1.165, 1.54) is 24.3 Å². The normalized spacial score (nSPS) is 24.1. The molecule has 19 heteroatoms. The molecule has 5 rings (SSSR count). The van der Waals surface area contributed by atoms with Crippen LogP contribution in [0.3, 0.4) is 0 Å². The number of aliphatic imine (C=N–C) groups is 1. The van der Waals surface area contributed by atoms with Crippen LogP contribution in [-0.4, -0.2) is 118 Å². The van der Waals surface area contributed by atoms with Gasteiger partial charge in [0.2, 0.25) is 41.4 Å². The van der Waals surface area contributed by atoms with E-state index in [0.29, 0.717) is 25.0 Å². The first-order chi connectivity index (χ1) is 28.4. The van der Waals surface area contributed by atoms with Crippen LogP contribution >= 0.6 is 0 Å². The summed E-state index contributed by atoms with van der Waals surface area (Å²) in [5.74, 6) is -4.24. The third-order valence-corrected chi connectivity index (χ3v) is 11.0.